The Balaban J connectivity index is 0. The third-order valence-corrected chi connectivity index (χ3v) is 5.52. The van der Waals surface area contributed by atoms with Crippen LogP contribution in [0.5, 0.6) is 0 Å². The standard InChI is InChI=1S/C15H23NO3.C9H13N.ClH.Na/c1-5-12(4)13-8-10-16(11-9-13)15(6-2,14(17)18)19-7-3;1-3-8(2)9-4-6-10-7-5-9;;/h8-12H,5-7H2,1-4H3;4-8H,3H2,1-2H3;1H;/q;;;+1/p-1. The number of aliphatic carboxylic acids is 1. The van der Waals surface area contributed by atoms with Crippen molar-refractivity contribution in [2.24, 2.45) is 0 Å². The molecule has 3 atom stereocenters. The minimum Gasteiger partial charge on any atom is -1.00 e. The van der Waals surface area contributed by atoms with Gasteiger partial charge in [0, 0.05) is 30.9 Å². The van der Waals surface area contributed by atoms with Crippen LogP contribution < -0.4 is 51.6 Å². The van der Waals surface area contributed by atoms with E-state index in [2.05, 4.69) is 44.8 Å². The zero-order valence-electron chi connectivity index (χ0n) is 20.1. The third-order valence-electron chi connectivity index (χ3n) is 5.52. The van der Waals surface area contributed by atoms with Crippen molar-refractivity contribution in [2.45, 2.75) is 78.4 Å². The largest absolute Gasteiger partial charge is 1.00 e. The maximum absolute atomic E-state index is 11.5. The normalized spacial score (nSPS) is 13.9. The summed E-state index contributed by atoms with van der Waals surface area (Å²) in [4.78, 5) is 15.4. The van der Waals surface area contributed by atoms with E-state index in [-0.39, 0.29) is 42.0 Å². The van der Waals surface area contributed by atoms with Crippen molar-refractivity contribution in [3.63, 3.8) is 0 Å². The number of rotatable bonds is 9. The predicted molar refractivity (Wildman–Crippen MR) is 113 cm³/mol. The smallest absolute Gasteiger partial charge is 1.00 e. The molecule has 2 heterocycles. The Morgan fingerprint density at radius 2 is 1.45 bits per heavy atom. The number of carboxylic acids is 1. The first-order chi connectivity index (χ1) is 13.9. The second kappa shape index (κ2) is 16.6. The van der Waals surface area contributed by atoms with Gasteiger partial charge in [0.15, 0.2) is 12.4 Å². The summed E-state index contributed by atoms with van der Waals surface area (Å²) in [6.07, 6.45) is 9.78. The molecule has 31 heavy (non-hydrogen) atoms. The molecule has 0 fully saturated rings. The van der Waals surface area contributed by atoms with E-state index in [0.717, 1.165) is 6.42 Å². The molecule has 5 nitrogen and oxygen atoms in total. The molecule has 0 aromatic carbocycles. The molecule has 0 spiro atoms. The van der Waals surface area contributed by atoms with Crippen molar-refractivity contribution >= 4 is 5.97 Å². The molecule has 0 radical (unpaired) electrons. The van der Waals surface area contributed by atoms with Gasteiger partial charge >= 0.3 is 35.3 Å². The SMILES string of the molecule is CCC(C)c1ccncc1.CCOC(CC)(C(=O)[O-])[n+]1ccc(C(C)CC)cc1.[Cl-].[Na+]. The molecule has 0 aliphatic rings. The summed E-state index contributed by atoms with van der Waals surface area (Å²) in [6.45, 7) is 12.6. The zero-order valence-corrected chi connectivity index (χ0v) is 22.9. The van der Waals surface area contributed by atoms with Crippen LogP contribution in [0.2, 0.25) is 0 Å². The first-order valence-corrected chi connectivity index (χ1v) is 10.6. The number of carbonyl (C=O) groups excluding carboxylic acids is 1. The van der Waals surface area contributed by atoms with E-state index in [0.29, 0.717) is 24.9 Å². The van der Waals surface area contributed by atoms with E-state index in [1.807, 2.05) is 24.5 Å². The van der Waals surface area contributed by atoms with E-state index in [1.54, 1.807) is 30.8 Å². The van der Waals surface area contributed by atoms with Crippen molar-refractivity contribution < 1.29 is 61.2 Å². The van der Waals surface area contributed by atoms with Crippen molar-refractivity contribution in [1.29, 1.82) is 0 Å². The molecule has 3 unspecified atom stereocenters. The Hall–Kier alpha value is -0.980. The second-order valence-electron chi connectivity index (χ2n) is 7.30. The fourth-order valence-corrected chi connectivity index (χ4v) is 3.08. The van der Waals surface area contributed by atoms with E-state index in [9.17, 15) is 9.90 Å². The molecule has 0 amide bonds. The van der Waals surface area contributed by atoms with Crippen molar-refractivity contribution in [2.75, 3.05) is 6.61 Å². The van der Waals surface area contributed by atoms with Crippen LogP contribution in [0.15, 0.2) is 49.1 Å². The Kier molecular flexibility index (Phi) is 17.3. The maximum atomic E-state index is 11.5. The van der Waals surface area contributed by atoms with Gasteiger partial charge in [0.05, 0.1) is 6.61 Å². The Morgan fingerprint density at radius 1 is 1.00 bits per heavy atom. The van der Waals surface area contributed by atoms with Crippen LogP contribution in [0.1, 0.15) is 83.8 Å². The average Bonchev–Trinajstić information content (AvgIpc) is 2.77. The van der Waals surface area contributed by atoms with Gasteiger partial charge in [-0.2, -0.15) is 4.57 Å². The van der Waals surface area contributed by atoms with Crippen LogP contribution in [-0.2, 0) is 15.3 Å². The fraction of sp³-hybridized carbons (Fsp3) is 0.542. The fourth-order valence-electron chi connectivity index (χ4n) is 3.08. The monoisotopic (exact) mass is 458 g/mol. The topological polar surface area (TPSA) is 66.1 Å². The number of hydrogen-bond acceptors (Lipinski definition) is 4. The molecule has 0 aliphatic heterocycles. The molecule has 0 bridgehead atoms. The summed E-state index contributed by atoms with van der Waals surface area (Å²) in [6, 6.07) is 8.05. The Morgan fingerprint density at radius 3 is 1.81 bits per heavy atom. The Labute approximate surface area is 216 Å². The molecule has 0 saturated carbocycles. The van der Waals surface area contributed by atoms with E-state index in [4.69, 9.17) is 4.74 Å². The number of nitrogens with zero attached hydrogens (tertiary/aromatic N) is 2. The summed E-state index contributed by atoms with van der Waals surface area (Å²) in [7, 11) is 0. The van der Waals surface area contributed by atoms with Gasteiger partial charge < -0.3 is 27.0 Å². The molecule has 7 heteroatoms. The molecule has 2 rings (SSSR count). The number of hydrogen-bond donors (Lipinski definition) is 0. The summed E-state index contributed by atoms with van der Waals surface area (Å²) in [5.41, 5.74) is 1.17. The van der Waals surface area contributed by atoms with Gasteiger partial charge in [0.1, 0.15) is 5.97 Å². The van der Waals surface area contributed by atoms with Gasteiger partial charge in [-0.15, -0.1) is 0 Å². The molecule has 168 valence electrons. The van der Waals surface area contributed by atoms with Gasteiger partial charge in [-0.05, 0) is 54.9 Å². The summed E-state index contributed by atoms with van der Waals surface area (Å²) in [5.74, 6) is -0.0816. The van der Waals surface area contributed by atoms with Crippen LogP contribution in [0.3, 0.4) is 0 Å². The number of pyridine rings is 2. The molecule has 2 aromatic rings. The van der Waals surface area contributed by atoms with Gasteiger partial charge in [0.2, 0.25) is 0 Å². The molecule has 0 N–H and O–H groups in total. The number of aromatic nitrogens is 2. The zero-order chi connectivity index (χ0) is 21.9. The van der Waals surface area contributed by atoms with Crippen LogP contribution >= 0.6 is 0 Å². The number of halogens is 1. The summed E-state index contributed by atoms with van der Waals surface area (Å²) >= 11 is 0. The minimum absolute atomic E-state index is 0. The first-order valence-electron chi connectivity index (χ1n) is 10.6. The third kappa shape index (κ3) is 9.19. The van der Waals surface area contributed by atoms with E-state index in [1.165, 1.54) is 17.5 Å². The first kappa shape index (κ1) is 32.2. The maximum Gasteiger partial charge on any atom is 1.00 e. The minimum atomic E-state index is -1.41. The number of carboxylic acid groups (broad SMARTS) is 1. The molecule has 0 saturated heterocycles. The van der Waals surface area contributed by atoms with Gasteiger partial charge in [0.25, 0.3) is 0 Å². The van der Waals surface area contributed by atoms with Crippen molar-refractivity contribution in [1.82, 2.24) is 4.98 Å². The van der Waals surface area contributed by atoms with E-state index < -0.39 is 11.7 Å². The van der Waals surface area contributed by atoms with Gasteiger partial charge in [-0.3, -0.25) is 4.98 Å². The van der Waals surface area contributed by atoms with Crippen molar-refractivity contribution in [3.05, 3.63) is 60.2 Å². The number of ether oxygens (including phenoxy) is 1. The quantitative estimate of drug-likeness (QED) is 0.320. The Bertz CT molecular complexity index is 731. The van der Waals surface area contributed by atoms with Crippen LogP contribution in [0, 0.1) is 0 Å². The molecule has 0 aliphatic carbocycles. The van der Waals surface area contributed by atoms with Gasteiger partial charge in [-0.1, -0.05) is 34.6 Å². The second-order valence-corrected chi connectivity index (χ2v) is 7.30. The molecule has 2 aromatic heterocycles. The van der Waals surface area contributed by atoms with Gasteiger partial charge in [-0.25, -0.2) is 0 Å². The number of carbonyl (C=O) groups is 1. The predicted octanol–water partition coefficient (Wildman–Crippen LogP) is -2.06. The van der Waals surface area contributed by atoms with Crippen molar-refractivity contribution in [3.8, 4) is 0 Å². The van der Waals surface area contributed by atoms with Crippen LogP contribution in [0.4, 0.5) is 0 Å². The summed E-state index contributed by atoms with van der Waals surface area (Å²) < 4.78 is 7.03. The molecular weight excluding hydrogens is 423 g/mol. The molecular formula is C24H36ClN2NaO3. The van der Waals surface area contributed by atoms with Crippen LogP contribution in [0.25, 0.3) is 0 Å². The van der Waals surface area contributed by atoms with Crippen LogP contribution in [-0.4, -0.2) is 17.6 Å². The average molecular weight is 459 g/mol. The summed E-state index contributed by atoms with van der Waals surface area (Å²) in [5, 5.41) is 11.5. The van der Waals surface area contributed by atoms with E-state index >= 15 is 0 Å².